The summed E-state index contributed by atoms with van der Waals surface area (Å²) < 4.78 is 6.55. The van der Waals surface area contributed by atoms with Crippen molar-refractivity contribution in [3.8, 4) is 0 Å². The van der Waals surface area contributed by atoms with E-state index < -0.39 is 8.32 Å². The number of rotatable bonds is 6. The summed E-state index contributed by atoms with van der Waals surface area (Å²) in [4.78, 5) is 11.0. The Morgan fingerprint density at radius 1 is 1.13 bits per heavy atom. The molecule has 0 aromatic heterocycles. The molecule has 0 aromatic rings. The van der Waals surface area contributed by atoms with Gasteiger partial charge in [0, 0.05) is 6.92 Å². The first kappa shape index (κ1) is 14.6. The van der Waals surface area contributed by atoms with E-state index in [-0.39, 0.29) is 5.97 Å². The van der Waals surface area contributed by atoms with Crippen LogP contribution in [-0.4, -0.2) is 44.6 Å². The minimum atomic E-state index is -1.84. The van der Waals surface area contributed by atoms with Crippen molar-refractivity contribution in [2.75, 3.05) is 25.8 Å². The Balaban J connectivity index is 4.57. The smallest absolute Gasteiger partial charge is 0.305 e. The zero-order valence-corrected chi connectivity index (χ0v) is 12.1. The average molecular weight is 232 g/mol. The molecule has 15 heavy (non-hydrogen) atoms. The fourth-order valence-electron chi connectivity index (χ4n) is 2.24. The monoisotopic (exact) mass is 232 g/mol. The third-order valence-corrected chi connectivity index (χ3v) is 5.42. The number of nitrogens with zero attached hydrogens (tertiary/aromatic N) is 1. The maximum Gasteiger partial charge on any atom is 0.305 e. The van der Waals surface area contributed by atoms with Gasteiger partial charge in [-0.1, -0.05) is 0 Å². The third kappa shape index (κ3) is 4.80. The number of hydrogen-bond acceptors (Lipinski definition) is 2. The first-order valence-electron chi connectivity index (χ1n) is 5.85. The van der Waals surface area contributed by atoms with Gasteiger partial charge in [-0.3, -0.25) is 4.79 Å². The van der Waals surface area contributed by atoms with Crippen molar-refractivity contribution in [1.82, 2.24) is 0 Å². The highest BCUT2D eigenvalue weighted by molar-refractivity contribution is 6.72. The summed E-state index contributed by atoms with van der Waals surface area (Å²) in [6, 6.07) is 0. The molecule has 0 saturated carbocycles. The molecule has 0 spiro atoms. The summed E-state index contributed by atoms with van der Waals surface area (Å²) in [6.45, 7) is 15.7. The SMILES string of the molecule is CC[N+](CC)(CC)C[Si](C)(C)OC(C)=O. The van der Waals surface area contributed by atoms with Crippen molar-refractivity contribution in [3.05, 3.63) is 0 Å². The molecule has 0 fully saturated rings. The number of carbonyl (C=O) groups is 1. The van der Waals surface area contributed by atoms with Crippen LogP contribution in [0.3, 0.4) is 0 Å². The molecule has 90 valence electrons. The van der Waals surface area contributed by atoms with Crippen LogP contribution in [0.2, 0.25) is 13.1 Å². The lowest BCUT2D eigenvalue weighted by Crippen LogP contribution is -2.58. The van der Waals surface area contributed by atoms with Crippen molar-refractivity contribution >= 4 is 14.3 Å². The Bertz CT molecular complexity index is 204. The average Bonchev–Trinajstić information content (AvgIpc) is 2.12. The Morgan fingerprint density at radius 2 is 1.53 bits per heavy atom. The van der Waals surface area contributed by atoms with E-state index in [4.69, 9.17) is 4.43 Å². The molecule has 4 heteroatoms. The fourth-order valence-corrected chi connectivity index (χ4v) is 5.36. The predicted octanol–water partition coefficient (Wildman–Crippen LogP) is 2.17. The van der Waals surface area contributed by atoms with Gasteiger partial charge in [-0.15, -0.1) is 0 Å². The van der Waals surface area contributed by atoms with Crippen molar-refractivity contribution < 1.29 is 13.7 Å². The maximum atomic E-state index is 11.0. The molecule has 0 amide bonds. The van der Waals surface area contributed by atoms with E-state index >= 15 is 0 Å². The highest BCUT2D eigenvalue weighted by Crippen LogP contribution is 2.15. The minimum absolute atomic E-state index is 0.131. The first-order chi connectivity index (χ1) is 6.81. The Kier molecular flexibility index (Phi) is 5.52. The van der Waals surface area contributed by atoms with Gasteiger partial charge in [-0.25, -0.2) is 0 Å². The van der Waals surface area contributed by atoms with Gasteiger partial charge in [-0.05, 0) is 33.9 Å². The van der Waals surface area contributed by atoms with E-state index in [1.807, 2.05) is 0 Å². The van der Waals surface area contributed by atoms with Gasteiger partial charge >= 0.3 is 8.32 Å². The second-order valence-corrected chi connectivity index (χ2v) is 8.84. The molecule has 3 nitrogen and oxygen atoms in total. The largest absolute Gasteiger partial charge is 0.514 e. The van der Waals surface area contributed by atoms with E-state index in [9.17, 15) is 4.79 Å². The van der Waals surface area contributed by atoms with E-state index in [1.165, 1.54) is 6.92 Å². The molecular formula is C11H26NO2Si+. The number of carbonyl (C=O) groups excluding carboxylic acids is 1. The topological polar surface area (TPSA) is 26.3 Å². The lowest BCUT2D eigenvalue weighted by molar-refractivity contribution is -0.914. The second-order valence-electron chi connectivity index (χ2n) is 4.80. The van der Waals surface area contributed by atoms with Crippen molar-refractivity contribution in [1.29, 1.82) is 0 Å². The fraction of sp³-hybridized carbons (Fsp3) is 0.909. The van der Waals surface area contributed by atoms with Crippen LogP contribution in [0.25, 0.3) is 0 Å². The summed E-state index contributed by atoms with van der Waals surface area (Å²) in [5.74, 6) is -0.131. The first-order valence-corrected chi connectivity index (χ1v) is 8.97. The van der Waals surface area contributed by atoms with E-state index in [1.54, 1.807) is 0 Å². The van der Waals surface area contributed by atoms with Crippen LogP contribution in [0.4, 0.5) is 0 Å². The highest BCUT2D eigenvalue weighted by atomic mass is 28.4. The molecule has 0 heterocycles. The molecule has 0 atom stereocenters. The van der Waals surface area contributed by atoms with E-state index in [2.05, 4.69) is 33.9 Å². The zero-order valence-electron chi connectivity index (χ0n) is 11.1. The zero-order chi connectivity index (χ0) is 12.1. The summed E-state index contributed by atoms with van der Waals surface area (Å²) in [5, 5.41) is 0. The quantitative estimate of drug-likeness (QED) is 0.518. The molecule has 0 saturated heterocycles. The van der Waals surface area contributed by atoms with Gasteiger partial charge < -0.3 is 8.91 Å². The molecule has 0 rings (SSSR count). The van der Waals surface area contributed by atoms with Gasteiger partial charge in [0.2, 0.25) is 0 Å². The summed E-state index contributed by atoms with van der Waals surface area (Å²) in [6.07, 6.45) is 1.02. The Hall–Kier alpha value is -0.353. The molecule has 0 unspecified atom stereocenters. The summed E-state index contributed by atoms with van der Waals surface area (Å²) >= 11 is 0. The van der Waals surface area contributed by atoms with Crippen LogP contribution >= 0.6 is 0 Å². The summed E-state index contributed by atoms with van der Waals surface area (Å²) in [5.41, 5.74) is 0. The normalized spacial score (nSPS) is 12.7. The molecule has 0 radical (unpaired) electrons. The molecule has 0 aromatic carbocycles. The lowest BCUT2D eigenvalue weighted by atomic mass is 10.4. The van der Waals surface area contributed by atoms with E-state index in [0.29, 0.717) is 0 Å². The van der Waals surface area contributed by atoms with Crippen molar-refractivity contribution in [2.24, 2.45) is 0 Å². The standard InChI is InChI=1S/C11H26NO2Si/c1-7-12(8-2,9-3)10-15(5,6)14-11(4)13/h7-10H2,1-6H3/q+1. The van der Waals surface area contributed by atoms with Gasteiger partial charge in [-0.2, -0.15) is 0 Å². The van der Waals surface area contributed by atoms with Crippen LogP contribution in [0.1, 0.15) is 27.7 Å². The lowest BCUT2D eigenvalue weighted by Gasteiger charge is -2.40. The molecule has 0 aliphatic heterocycles. The number of hydrogen-bond donors (Lipinski definition) is 0. The van der Waals surface area contributed by atoms with Gasteiger partial charge in [0.1, 0.15) is 6.17 Å². The third-order valence-electron chi connectivity index (χ3n) is 3.15. The minimum Gasteiger partial charge on any atom is -0.514 e. The molecular weight excluding hydrogens is 206 g/mol. The maximum absolute atomic E-state index is 11.0. The molecule has 0 bridgehead atoms. The van der Waals surface area contributed by atoms with Crippen LogP contribution in [0.15, 0.2) is 0 Å². The Labute approximate surface area is 95.1 Å². The van der Waals surface area contributed by atoms with Crippen molar-refractivity contribution in [2.45, 2.75) is 40.8 Å². The van der Waals surface area contributed by atoms with Crippen LogP contribution in [0.5, 0.6) is 0 Å². The Morgan fingerprint density at radius 3 is 1.80 bits per heavy atom. The van der Waals surface area contributed by atoms with Crippen LogP contribution < -0.4 is 0 Å². The van der Waals surface area contributed by atoms with E-state index in [0.717, 1.165) is 30.3 Å². The van der Waals surface area contributed by atoms with Gasteiger partial charge in [0.15, 0.2) is 0 Å². The molecule has 0 aliphatic rings. The number of quaternary nitrogens is 1. The van der Waals surface area contributed by atoms with Crippen LogP contribution in [0, 0.1) is 0 Å². The van der Waals surface area contributed by atoms with Crippen molar-refractivity contribution in [3.63, 3.8) is 0 Å². The van der Waals surface area contributed by atoms with Crippen LogP contribution in [-0.2, 0) is 9.22 Å². The summed E-state index contributed by atoms with van der Waals surface area (Å²) in [7, 11) is -1.84. The van der Waals surface area contributed by atoms with Gasteiger partial charge in [0.25, 0.3) is 5.97 Å². The van der Waals surface area contributed by atoms with Gasteiger partial charge in [0.05, 0.1) is 19.6 Å². The predicted molar refractivity (Wildman–Crippen MR) is 66.0 cm³/mol. The molecule has 0 N–H and O–H groups in total. The highest BCUT2D eigenvalue weighted by Gasteiger charge is 2.37. The molecule has 0 aliphatic carbocycles. The second kappa shape index (κ2) is 5.65.